The van der Waals surface area contributed by atoms with E-state index in [9.17, 15) is 14.4 Å². The van der Waals surface area contributed by atoms with Gasteiger partial charge in [0.1, 0.15) is 6.54 Å². The fourth-order valence-electron chi connectivity index (χ4n) is 7.45. The van der Waals surface area contributed by atoms with E-state index >= 15 is 0 Å². The number of unbranched alkanes of at least 4 members (excludes halogenated alkanes) is 26. The van der Waals surface area contributed by atoms with E-state index in [2.05, 4.69) is 13.8 Å². The molecule has 0 aliphatic carbocycles. The highest BCUT2D eigenvalue weighted by Gasteiger charge is 2.38. The molecule has 51 heavy (non-hydrogen) atoms. The zero-order valence-corrected chi connectivity index (χ0v) is 35.5. The SMILES string of the molecule is CCCCCCCCCCCCCCCCCCOC(=O)C(C)CCC(CC)C(=O)N(C(C)=O)[N+](C)(C)CCCCCCCCCCCCCC. The van der Waals surface area contributed by atoms with E-state index in [-0.39, 0.29) is 34.2 Å². The minimum absolute atomic E-state index is 0.109. The molecule has 302 valence electrons. The van der Waals surface area contributed by atoms with Gasteiger partial charge >= 0.3 is 5.97 Å². The van der Waals surface area contributed by atoms with Crippen LogP contribution < -0.4 is 0 Å². The fraction of sp³-hybridized carbons (Fsp3) is 0.933. The Hall–Kier alpha value is -1.43. The summed E-state index contributed by atoms with van der Waals surface area (Å²) < 4.78 is 5.87. The van der Waals surface area contributed by atoms with Crippen molar-refractivity contribution in [2.24, 2.45) is 11.8 Å². The van der Waals surface area contributed by atoms with E-state index in [1.807, 2.05) is 27.9 Å². The third-order valence-corrected chi connectivity index (χ3v) is 11.0. The number of carbonyl (C=O) groups excluding carboxylic acids is 3. The number of quaternary nitrogens is 1. The van der Waals surface area contributed by atoms with Gasteiger partial charge in [-0.2, -0.15) is 0 Å². The van der Waals surface area contributed by atoms with Crippen molar-refractivity contribution in [1.29, 1.82) is 0 Å². The van der Waals surface area contributed by atoms with Gasteiger partial charge in [0, 0.05) is 12.8 Å². The van der Waals surface area contributed by atoms with Crippen LogP contribution >= 0.6 is 0 Å². The smallest absolute Gasteiger partial charge is 0.308 e. The van der Waals surface area contributed by atoms with E-state index in [1.165, 1.54) is 166 Å². The van der Waals surface area contributed by atoms with Crippen LogP contribution in [0, 0.1) is 11.8 Å². The average molecular weight is 722 g/mol. The second kappa shape index (κ2) is 34.3. The lowest BCUT2D eigenvalue weighted by molar-refractivity contribution is -0.979. The van der Waals surface area contributed by atoms with Crippen LogP contribution in [-0.2, 0) is 19.1 Å². The molecule has 0 aromatic rings. The van der Waals surface area contributed by atoms with Crippen molar-refractivity contribution in [3.8, 4) is 0 Å². The van der Waals surface area contributed by atoms with Gasteiger partial charge in [-0.25, -0.2) is 4.59 Å². The molecule has 0 N–H and O–H groups in total. The molecule has 0 saturated carbocycles. The Morgan fingerprint density at radius 3 is 1.24 bits per heavy atom. The van der Waals surface area contributed by atoms with Gasteiger partial charge in [-0.3, -0.25) is 14.4 Å². The summed E-state index contributed by atoms with van der Waals surface area (Å²) >= 11 is 0. The molecular weight excluding hydrogens is 633 g/mol. The molecule has 0 aliphatic rings. The number of ether oxygens (including phenoxy) is 1. The van der Waals surface area contributed by atoms with E-state index in [0.29, 0.717) is 25.9 Å². The predicted molar refractivity (Wildman–Crippen MR) is 218 cm³/mol. The van der Waals surface area contributed by atoms with Crippen molar-refractivity contribution in [1.82, 2.24) is 5.01 Å². The monoisotopic (exact) mass is 722 g/mol. The topological polar surface area (TPSA) is 63.7 Å². The first kappa shape index (κ1) is 49.6. The van der Waals surface area contributed by atoms with Crippen molar-refractivity contribution < 1.29 is 23.7 Å². The van der Waals surface area contributed by atoms with E-state index in [4.69, 9.17) is 4.74 Å². The zero-order valence-electron chi connectivity index (χ0n) is 35.5. The van der Waals surface area contributed by atoms with Crippen molar-refractivity contribution in [3.63, 3.8) is 0 Å². The Morgan fingerprint density at radius 1 is 0.529 bits per heavy atom. The molecule has 0 saturated heterocycles. The van der Waals surface area contributed by atoms with Crippen LogP contribution in [0.1, 0.15) is 234 Å². The third-order valence-electron chi connectivity index (χ3n) is 11.0. The Labute approximate surface area is 318 Å². The number of hydrogen-bond donors (Lipinski definition) is 0. The summed E-state index contributed by atoms with van der Waals surface area (Å²) in [7, 11) is 3.95. The predicted octanol–water partition coefficient (Wildman–Crippen LogP) is 13.3. The molecule has 0 radical (unpaired) electrons. The molecule has 2 atom stereocenters. The second-order valence-corrected chi connectivity index (χ2v) is 16.5. The highest BCUT2D eigenvalue weighted by atomic mass is 16.5. The lowest BCUT2D eigenvalue weighted by Crippen LogP contribution is -2.61. The van der Waals surface area contributed by atoms with Crippen LogP contribution in [0.4, 0.5) is 0 Å². The molecule has 0 aliphatic heterocycles. The molecule has 2 unspecified atom stereocenters. The quantitative estimate of drug-likeness (QED) is 0.0277. The summed E-state index contributed by atoms with van der Waals surface area (Å²) in [6.07, 6.45) is 38.5. The lowest BCUT2D eigenvalue weighted by atomic mass is 9.94. The summed E-state index contributed by atoms with van der Waals surface area (Å²) in [6.45, 7) is 11.2. The van der Waals surface area contributed by atoms with Crippen molar-refractivity contribution in [2.75, 3.05) is 27.2 Å². The molecule has 0 fully saturated rings. The average Bonchev–Trinajstić information content (AvgIpc) is 3.09. The van der Waals surface area contributed by atoms with Gasteiger partial charge in [0.2, 0.25) is 0 Å². The van der Waals surface area contributed by atoms with Gasteiger partial charge in [0.25, 0.3) is 11.8 Å². The third kappa shape index (κ3) is 27.8. The molecule has 0 heterocycles. The second-order valence-electron chi connectivity index (χ2n) is 16.5. The van der Waals surface area contributed by atoms with E-state index in [0.717, 1.165) is 32.2 Å². The van der Waals surface area contributed by atoms with Gasteiger partial charge in [-0.15, -0.1) is 5.01 Å². The number of hydrogen-bond acceptors (Lipinski definition) is 4. The number of esters is 1. The van der Waals surface area contributed by atoms with Crippen LogP contribution in [0.3, 0.4) is 0 Å². The minimum Gasteiger partial charge on any atom is -0.465 e. The maximum absolute atomic E-state index is 13.7. The Bertz CT molecular complexity index is 829. The molecule has 0 aromatic heterocycles. The van der Waals surface area contributed by atoms with Crippen LogP contribution in [0.25, 0.3) is 0 Å². The number of imide groups is 1. The first-order valence-corrected chi connectivity index (χ1v) is 22.5. The molecule has 0 aromatic carbocycles. The summed E-state index contributed by atoms with van der Waals surface area (Å²) in [5, 5.41) is 1.47. The largest absolute Gasteiger partial charge is 0.465 e. The van der Waals surface area contributed by atoms with Gasteiger partial charge in [0.15, 0.2) is 0 Å². The molecule has 0 rings (SSSR count). The molecule has 0 bridgehead atoms. The first-order valence-electron chi connectivity index (χ1n) is 22.5. The van der Waals surface area contributed by atoms with Gasteiger partial charge in [-0.05, 0) is 38.5 Å². The van der Waals surface area contributed by atoms with Crippen molar-refractivity contribution in [3.05, 3.63) is 0 Å². The maximum Gasteiger partial charge on any atom is 0.308 e. The van der Waals surface area contributed by atoms with Crippen LogP contribution in [0.15, 0.2) is 0 Å². The maximum atomic E-state index is 13.7. The normalized spacial score (nSPS) is 12.9. The standard InChI is InChI=1S/C45H89N2O4/c1-8-11-13-15-17-19-21-23-24-25-26-28-30-32-34-36-40-51-45(50)41(4)37-38-43(10-3)44(49)46(42(5)48)47(6,7)39-35-33-31-29-27-22-20-18-16-14-12-9-2/h41,43H,8-40H2,1-7H3/q+1. The Morgan fingerprint density at radius 2 is 0.882 bits per heavy atom. The van der Waals surface area contributed by atoms with Crippen LogP contribution in [0.2, 0.25) is 0 Å². The van der Waals surface area contributed by atoms with Crippen LogP contribution in [-0.4, -0.2) is 54.6 Å². The van der Waals surface area contributed by atoms with E-state index in [1.54, 1.807) is 0 Å². The van der Waals surface area contributed by atoms with Crippen molar-refractivity contribution in [2.45, 2.75) is 234 Å². The van der Waals surface area contributed by atoms with Gasteiger partial charge in [-0.1, -0.05) is 188 Å². The molecule has 6 nitrogen and oxygen atoms in total. The molecule has 0 spiro atoms. The molecule has 2 amide bonds. The molecule has 6 heteroatoms. The zero-order chi connectivity index (χ0) is 38.0. The fourth-order valence-corrected chi connectivity index (χ4v) is 7.45. The minimum atomic E-state index is -0.274. The van der Waals surface area contributed by atoms with Crippen LogP contribution in [0.5, 0.6) is 0 Å². The Balaban J connectivity index is 4.17. The van der Waals surface area contributed by atoms with E-state index < -0.39 is 0 Å². The Kier molecular flexibility index (Phi) is 33.4. The summed E-state index contributed by atoms with van der Waals surface area (Å²) in [6, 6.07) is 0. The van der Waals surface area contributed by atoms with Gasteiger partial charge < -0.3 is 4.74 Å². The molecular formula is C45H89N2O4+. The summed E-state index contributed by atoms with van der Waals surface area (Å²) in [5.41, 5.74) is 0. The first-order chi connectivity index (χ1) is 24.6. The highest BCUT2D eigenvalue weighted by molar-refractivity contribution is 5.93. The summed E-state index contributed by atoms with van der Waals surface area (Å²) in [4.78, 5) is 39.1. The number of carbonyl (C=O) groups is 3. The number of amides is 2. The lowest BCUT2D eigenvalue weighted by Gasteiger charge is -2.39. The number of rotatable bonds is 37. The highest BCUT2D eigenvalue weighted by Crippen LogP contribution is 2.23. The van der Waals surface area contributed by atoms with Gasteiger partial charge in [0.05, 0.1) is 26.6 Å². The number of nitrogens with zero attached hydrogens (tertiary/aromatic N) is 2. The summed E-state index contributed by atoms with van der Waals surface area (Å²) in [5.74, 6) is -0.993. The van der Waals surface area contributed by atoms with Crippen molar-refractivity contribution >= 4 is 17.8 Å².